The van der Waals surface area contributed by atoms with Gasteiger partial charge >= 0.3 is 0 Å². The molecule has 1 unspecified atom stereocenters. The number of hydrogen-bond donors (Lipinski definition) is 1. The molecule has 23 heavy (non-hydrogen) atoms. The number of aromatic nitrogens is 2. The molecule has 122 valence electrons. The lowest BCUT2D eigenvalue weighted by Crippen LogP contribution is -2.31. The fourth-order valence-corrected chi connectivity index (χ4v) is 3.14. The molecule has 0 saturated carbocycles. The average molecular weight is 314 g/mol. The summed E-state index contributed by atoms with van der Waals surface area (Å²) in [6.07, 6.45) is 5.02. The zero-order chi connectivity index (χ0) is 16.7. The van der Waals surface area contributed by atoms with E-state index in [0.717, 1.165) is 5.56 Å². The van der Waals surface area contributed by atoms with Gasteiger partial charge in [-0.3, -0.25) is 4.79 Å². The molecule has 1 atom stereocenters. The third-order valence-electron chi connectivity index (χ3n) is 4.36. The number of carbonyl (C=O) groups is 1. The molecule has 5 nitrogen and oxygen atoms in total. The van der Waals surface area contributed by atoms with Crippen molar-refractivity contribution in [1.29, 1.82) is 0 Å². The van der Waals surface area contributed by atoms with Crippen LogP contribution < -0.4 is 4.74 Å². The quantitative estimate of drug-likeness (QED) is 0.939. The minimum absolute atomic E-state index is 0.0246. The van der Waals surface area contributed by atoms with Crippen molar-refractivity contribution in [2.75, 3.05) is 6.61 Å². The van der Waals surface area contributed by atoms with Gasteiger partial charge < -0.3 is 14.4 Å². The van der Waals surface area contributed by atoms with Crippen molar-refractivity contribution in [2.24, 2.45) is 0 Å². The summed E-state index contributed by atoms with van der Waals surface area (Å²) in [5, 5.41) is 10.7. The third-order valence-corrected chi connectivity index (χ3v) is 4.36. The van der Waals surface area contributed by atoms with Crippen LogP contribution in [0.15, 0.2) is 24.8 Å². The smallest absolute Gasteiger partial charge is 0.193 e. The van der Waals surface area contributed by atoms with Crippen LogP contribution in [0.25, 0.3) is 0 Å². The zero-order valence-corrected chi connectivity index (χ0v) is 13.9. The molecule has 1 aromatic heterocycles. The highest BCUT2D eigenvalue weighted by Gasteiger charge is 2.35. The lowest BCUT2D eigenvalue weighted by Gasteiger charge is -2.29. The van der Waals surface area contributed by atoms with Crippen LogP contribution >= 0.6 is 0 Å². The first-order valence-corrected chi connectivity index (χ1v) is 7.96. The molecular weight excluding hydrogens is 292 g/mol. The molecule has 0 amide bonds. The van der Waals surface area contributed by atoms with Crippen LogP contribution in [-0.4, -0.2) is 27.0 Å². The Morgan fingerprint density at radius 1 is 1.30 bits per heavy atom. The number of phenolic OH excluding ortho intramolecular Hbond substituents is 1. The molecule has 0 saturated heterocycles. The summed E-state index contributed by atoms with van der Waals surface area (Å²) in [7, 11) is 0. The van der Waals surface area contributed by atoms with E-state index in [0.29, 0.717) is 16.9 Å². The van der Waals surface area contributed by atoms with Crippen LogP contribution in [0.2, 0.25) is 0 Å². The molecule has 0 spiro atoms. The maximum atomic E-state index is 13.0. The van der Waals surface area contributed by atoms with Crippen LogP contribution in [0.3, 0.4) is 0 Å². The Bertz CT molecular complexity index is 733. The molecule has 1 N–H and O–H groups in total. The molecule has 1 aromatic carbocycles. The highest BCUT2D eigenvalue weighted by atomic mass is 16.5. The van der Waals surface area contributed by atoms with E-state index in [9.17, 15) is 9.90 Å². The summed E-state index contributed by atoms with van der Waals surface area (Å²) in [6.45, 7) is 8.28. The first-order valence-electron chi connectivity index (χ1n) is 7.96. The van der Waals surface area contributed by atoms with E-state index in [-0.39, 0.29) is 30.0 Å². The Balaban J connectivity index is 2.18. The molecule has 2 heterocycles. The number of aromatic hydroxyl groups is 1. The van der Waals surface area contributed by atoms with Gasteiger partial charge in [0.05, 0.1) is 11.9 Å². The van der Waals surface area contributed by atoms with Crippen LogP contribution in [0.1, 0.15) is 67.1 Å². The Morgan fingerprint density at radius 2 is 2.04 bits per heavy atom. The lowest BCUT2D eigenvalue weighted by molar-refractivity contribution is 0.0838. The Kier molecular flexibility index (Phi) is 3.88. The minimum Gasteiger partial charge on any atom is -0.507 e. The molecule has 0 radical (unpaired) electrons. The Morgan fingerprint density at radius 3 is 2.61 bits per heavy atom. The normalized spacial score (nSPS) is 17.5. The summed E-state index contributed by atoms with van der Waals surface area (Å²) < 4.78 is 7.64. The predicted octanol–water partition coefficient (Wildman–Crippen LogP) is 3.65. The number of carbonyl (C=O) groups excluding carboxylic acids is 1. The summed E-state index contributed by atoms with van der Waals surface area (Å²) in [5.74, 6) is 0.950. The number of fused-ring (bicyclic) bond motifs is 1. The van der Waals surface area contributed by atoms with Gasteiger partial charge in [-0.15, -0.1) is 0 Å². The van der Waals surface area contributed by atoms with Gasteiger partial charge in [0.15, 0.2) is 5.78 Å². The van der Waals surface area contributed by atoms with Crippen molar-refractivity contribution in [3.8, 4) is 11.5 Å². The second-order valence-corrected chi connectivity index (χ2v) is 6.61. The van der Waals surface area contributed by atoms with Crippen LogP contribution in [0.4, 0.5) is 0 Å². The Labute approximate surface area is 135 Å². The van der Waals surface area contributed by atoms with Gasteiger partial charge in [-0.2, -0.15) is 0 Å². The van der Waals surface area contributed by atoms with Gasteiger partial charge in [0, 0.05) is 23.5 Å². The fraction of sp³-hybridized carbons (Fsp3) is 0.444. The molecule has 1 aliphatic heterocycles. The first kappa shape index (κ1) is 15.6. The van der Waals surface area contributed by atoms with E-state index in [1.54, 1.807) is 23.3 Å². The number of Topliss-reactive ketones (excluding diaryl/α,β-unsaturated/α-hetero) is 1. The maximum absolute atomic E-state index is 13.0. The van der Waals surface area contributed by atoms with Crippen molar-refractivity contribution in [2.45, 2.75) is 45.6 Å². The summed E-state index contributed by atoms with van der Waals surface area (Å²) in [4.78, 5) is 17.0. The predicted molar refractivity (Wildman–Crippen MR) is 87.4 cm³/mol. The van der Waals surface area contributed by atoms with Gasteiger partial charge in [-0.1, -0.05) is 27.7 Å². The van der Waals surface area contributed by atoms with E-state index in [4.69, 9.17) is 4.74 Å². The molecule has 2 aromatic rings. The fourth-order valence-electron chi connectivity index (χ4n) is 3.14. The highest BCUT2D eigenvalue weighted by molar-refractivity contribution is 6.04. The molecule has 3 rings (SSSR count). The summed E-state index contributed by atoms with van der Waals surface area (Å²) in [5.41, 5.74) is 2.01. The van der Waals surface area contributed by atoms with Gasteiger partial charge in [0.25, 0.3) is 0 Å². The number of nitrogens with zero attached hydrogens (tertiary/aromatic N) is 2. The number of imidazole rings is 1. The second-order valence-electron chi connectivity index (χ2n) is 6.61. The van der Waals surface area contributed by atoms with Crippen LogP contribution in [0.5, 0.6) is 11.5 Å². The topological polar surface area (TPSA) is 64.3 Å². The summed E-state index contributed by atoms with van der Waals surface area (Å²) in [6, 6.07) is 1.37. The Hall–Kier alpha value is -2.30. The number of benzene rings is 1. The number of hydrogen-bond acceptors (Lipinski definition) is 4. The van der Waals surface area contributed by atoms with E-state index >= 15 is 0 Å². The van der Waals surface area contributed by atoms with Gasteiger partial charge in [0.1, 0.15) is 24.1 Å². The average Bonchev–Trinajstić information content (AvgIpc) is 3.00. The zero-order valence-electron chi connectivity index (χ0n) is 13.9. The highest BCUT2D eigenvalue weighted by Crippen LogP contribution is 2.44. The number of rotatable bonds is 3. The van der Waals surface area contributed by atoms with Crippen molar-refractivity contribution in [1.82, 2.24) is 9.55 Å². The standard InChI is InChI=1S/C18H22N2O3/c1-10(2)12-7-14-16(15(11(3)4)17(12)21)18(22)13(8-23-14)20-6-5-19-9-20/h5-7,9-11,13,21H,8H2,1-4H3. The van der Waals surface area contributed by atoms with E-state index in [2.05, 4.69) is 4.98 Å². The number of ketones is 1. The third kappa shape index (κ3) is 2.50. The minimum atomic E-state index is -0.438. The second kappa shape index (κ2) is 5.72. The van der Waals surface area contributed by atoms with E-state index in [1.807, 2.05) is 33.8 Å². The molecule has 0 fully saturated rings. The molecule has 5 heteroatoms. The van der Waals surface area contributed by atoms with Gasteiger partial charge in [-0.05, 0) is 17.9 Å². The molecule has 0 aliphatic carbocycles. The van der Waals surface area contributed by atoms with Crippen LogP contribution in [-0.2, 0) is 0 Å². The van der Waals surface area contributed by atoms with Crippen LogP contribution in [0, 0.1) is 0 Å². The number of phenols is 1. The number of ether oxygens (including phenoxy) is 1. The SMILES string of the molecule is CC(C)c1cc2c(c(C(C)C)c1O)C(=O)C(n1ccnc1)CO2. The molecule has 1 aliphatic rings. The summed E-state index contributed by atoms with van der Waals surface area (Å²) >= 11 is 0. The van der Waals surface area contributed by atoms with Crippen molar-refractivity contribution < 1.29 is 14.6 Å². The molecular formula is C18H22N2O3. The van der Waals surface area contributed by atoms with Gasteiger partial charge in [0.2, 0.25) is 0 Å². The van der Waals surface area contributed by atoms with Crippen molar-refractivity contribution >= 4 is 5.78 Å². The van der Waals surface area contributed by atoms with E-state index in [1.165, 1.54) is 0 Å². The molecule has 0 bridgehead atoms. The van der Waals surface area contributed by atoms with Gasteiger partial charge in [-0.25, -0.2) is 4.98 Å². The van der Waals surface area contributed by atoms with E-state index < -0.39 is 6.04 Å². The van der Waals surface area contributed by atoms with Crippen molar-refractivity contribution in [3.05, 3.63) is 41.5 Å². The maximum Gasteiger partial charge on any atom is 0.193 e. The first-order chi connectivity index (χ1) is 10.9. The largest absolute Gasteiger partial charge is 0.507 e. The monoisotopic (exact) mass is 314 g/mol. The lowest BCUT2D eigenvalue weighted by atomic mass is 9.85. The van der Waals surface area contributed by atoms with Crippen molar-refractivity contribution in [3.63, 3.8) is 0 Å².